The van der Waals surface area contributed by atoms with Gasteiger partial charge >= 0.3 is 0 Å². The third-order valence-electron chi connectivity index (χ3n) is 2.65. The second kappa shape index (κ2) is 6.31. The van der Waals surface area contributed by atoms with Gasteiger partial charge in [-0.05, 0) is 27.3 Å². The zero-order valence-electron chi connectivity index (χ0n) is 11.4. The Morgan fingerprint density at radius 2 is 2.11 bits per heavy atom. The Morgan fingerprint density at radius 3 is 2.67 bits per heavy atom. The Kier molecular flexibility index (Phi) is 5.30. The van der Waals surface area contributed by atoms with E-state index in [-0.39, 0.29) is 10.9 Å². The lowest BCUT2D eigenvalue weighted by atomic mass is 10.2. The second-order valence-electron chi connectivity index (χ2n) is 4.47. The van der Waals surface area contributed by atoms with Crippen molar-refractivity contribution in [3.8, 4) is 0 Å². The Labute approximate surface area is 109 Å². The SMILES string of the molecule is CCCC(C)NS(=O)(=O)c1c(CNC)n[nH]c1C. The number of nitrogens with zero attached hydrogens (tertiary/aromatic N) is 1. The van der Waals surface area contributed by atoms with E-state index in [9.17, 15) is 8.42 Å². The number of nitrogens with one attached hydrogen (secondary N) is 3. The van der Waals surface area contributed by atoms with Crippen LogP contribution in [0.2, 0.25) is 0 Å². The van der Waals surface area contributed by atoms with Crippen LogP contribution in [0.15, 0.2) is 4.90 Å². The van der Waals surface area contributed by atoms with Crippen molar-refractivity contribution >= 4 is 10.0 Å². The lowest BCUT2D eigenvalue weighted by Crippen LogP contribution is -2.33. The van der Waals surface area contributed by atoms with Crippen LogP contribution in [0.1, 0.15) is 38.1 Å². The van der Waals surface area contributed by atoms with E-state index in [1.807, 2.05) is 13.8 Å². The molecule has 0 saturated heterocycles. The molecule has 1 unspecified atom stereocenters. The zero-order chi connectivity index (χ0) is 13.8. The summed E-state index contributed by atoms with van der Waals surface area (Å²) in [7, 11) is -1.75. The molecule has 6 nitrogen and oxygen atoms in total. The third-order valence-corrected chi connectivity index (χ3v) is 4.44. The quantitative estimate of drug-likeness (QED) is 0.689. The van der Waals surface area contributed by atoms with Crippen molar-refractivity contribution in [2.75, 3.05) is 7.05 Å². The summed E-state index contributed by atoms with van der Waals surface area (Å²) in [5.74, 6) is 0. The number of aromatic nitrogens is 2. The van der Waals surface area contributed by atoms with Crippen molar-refractivity contribution in [1.29, 1.82) is 0 Å². The minimum absolute atomic E-state index is 0.0725. The van der Waals surface area contributed by atoms with Crippen LogP contribution in [0, 0.1) is 6.92 Å². The van der Waals surface area contributed by atoms with Gasteiger partial charge in [0.1, 0.15) is 4.90 Å². The zero-order valence-corrected chi connectivity index (χ0v) is 12.2. The van der Waals surface area contributed by atoms with E-state index >= 15 is 0 Å². The van der Waals surface area contributed by atoms with Gasteiger partial charge in [0.05, 0.1) is 11.4 Å². The van der Waals surface area contributed by atoms with Gasteiger partial charge in [-0.15, -0.1) is 0 Å². The molecule has 1 aromatic rings. The molecule has 0 aliphatic carbocycles. The largest absolute Gasteiger partial charge is 0.314 e. The van der Waals surface area contributed by atoms with Crippen LogP contribution in [0.4, 0.5) is 0 Å². The Bertz CT molecular complexity index is 481. The highest BCUT2D eigenvalue weighted by Gasteiger charge is 2.25. The number of hydrogen-bond acceptors (Lipinski definition) is 4. The average molecular weight is 274 g/mol. The van der Waals surface area contributed by atoms with Gasteiger partial charge in [0.2, 0.25) is 10.0 Å². The molecule has 0 aliphatic heterocycles. The Morgan fingerprint density at radius 1 is 1.44 bits per heavy atom. The first-order chi connectivity index (χ1) is 8.42. The van der Waals surface area contributed by atoms with Gasteiger partial charge < -0.3 is 5.32 Å². The van der Waals surface area contributed by atoms with Crippen LogP contribution in [0.25, 0.3) is 0 Å². The number of H-pyrrole nitrogens is 1. The summed E-state index contributed by atoms with van der Waals surface area (Å²) in [5, 5.41) is 9.66. The first-order valence-electron chi connectivity index (χ1n) is 6.13. The molecular weight excluding hydrogens is 252 g/mol. The summed E-state index contributed by atoms with van der Waals surface area (Å²) in [6.07, 6.45) is 1.76. The molecule has 0 bridgehead atoms. The van der Waals surface area contributed by atoms with E-state index in [0.29, 0.717) is 17.9 Å². The molecule has 1 aromatic heterocycles. The normalized spacial score (nSPS) is 13.8. The van der Waals surface area contributed by atoms with Crippen LogP contribution in [0.3, 0.4) is 0 Å². The molecule has 0 fully saturated rings. The minimum Gasteiger partial charge on any atom is -0.314 e. The van der Waals surface area contributed by atoms with Crippen molar-refractivity contribution in [3.05, 3.63) is 11.4 Å². The standard InChI is InChI=1S/C11H22N4O2S/c1-5-6-8(2)15-18(16,17)11-9(3)13-14-10(11)7-12-4/h8,12,15H,5-7H2,1-4H3,(H,13,14). The fourth-order valence-corrected chi connectivity index (χ4v) is 3.57. The van der Waals surface area contributed by atoms with E-state index in [1.165, 1.54) is 0 Å². The molecule has 0 saturated carbocycles. The molecule has 0 spiro atoms. The summed E-state index contributed by atoms with van der Waals surface area (Å²) >= 11 is 0. The van der Waals surface area contributed by atoms with Crippen LogP contribution >= 0.6 is 0 Å². The Balaban J connectivity index is 3.00. The lowest BCUT2D eigenvalue weighted by molar-refractivity contribution is 0.542. The number of sulfonamides is 1. The van der Waals surface area contributed by atoms with Crippen LogP contribution in [-0.2, 0) is 16.6 Å². The highest BCUT2D eigenvalue weighted by atomic mass is 32.2. The van der Waals surface area contributed by atoms with Gasteiger partial charge in [0.15, 0.2) is 0 Å². The number of hydrogen-bond donors (Lipinski definition) is 3. The second-order valence-corrected chi connectivity index (χ2v) is 6.12. The molecule has 3 N–H and O–H groups in total. The van der Waals surface area contributed by atoms with E-state index in [2.05, 4.69) is 20.2 Å². The summed E-state index contributed by atoms with van der Waals surface area (Å²) in [5.41, 5.74) is 1.09. The maximum absolute atomic E-state index is 12.3. The molecule has 0 radical (unpaired) electrons. The molecule has 1 rings (SSSR count). The summed E-state index contributed by atoms with van der Waals surface area (Å²) in [6.45, 7) is 6.03. The molecule has 1 heterocycles. The number of rotatable bonds is 7. The number of aryl methyl sites for hydroxylation is 1. The summed E-state index contributed by atoms with van der Waals surface area (Å²) in [6, 6.07) is -0.0725. The predicted octanol–water partition coefficient (Wildman–Crippen LogP) is 0.904. The molecule has 0 amide bonds. The molecular formula is C11H22N4O2S. The maximum atomic E-state index is 12.3. The number of aromatic amines is 1. The monoisotopic (exact) mass is 274 g/mol. The molecule has 7 heteroatoms. The lowest BCUT2D eigenvalue weighted by Gasteiger charge is -2.13. The predicted molar refractivity (Wildman–Crippen MR) is 70.8 cm³/mol. The fraction of sp³-hybridized carbons (Fsp3) is 0.727. The van der Waals surface area contributed by atoms with Gasteiger partial charge in [-0.25, -0.2) is 13.1 Å². The van der Waals surface area contributed by atoms with Crippen molar-refractivity contribution in [3.63, 3.8) is 0 Å². The van der Waals surface area contributed by atoms with Crippen LogP contribution in [-0.4, -0.2) is 31.7 Å². The van der Waals surface area contributed by atoms with Crippen molar-refractivity contribution in [2.24, 2.45) is 0 Å². The van der Waals surface area contributed by atoms with Crippen molar-refractivity contribution in [2.45, 2.75) is 51.1 Å². The van der Waals surface area contributed by atoms with E-state index in [0.717, 1.165) is 12.8 Å². The van der Waals surface area contributed by atoms with E-state index in [1.54, 1.807) is 14.0 Å². The Hall–Kier alpha value is -0.920. The first-order valence-corrected chi connectivity index (χ1v) is 7.61. The summed E-state index contributed by atoms with van der Waals surface area (Å²) < 4.78 is 27.3. The molecule has 18 heavy (non-hydrogen) atoms. The van der Waals surface area contributed by atoms with Gasteiger partial charge in [0.25, 0.3) is 0 Å². The van der Waals surface area contributed by atoms with Gasteiger partial charge in [-0.3, -0.25) is 5.10 Å². The summed E-state index contributed by atoms with van der Waals surface area (Å²) in [4.78, 5) is 0.264. The maximum Gasteiger partial charge on any atom is 0.244 e. The average Bonchev–Trinajstić information content (AvgIpc) is 2.60. The third kappa shape index (κ3) is 3.54. The van der Waals surface area contributed by atoms with E-state index in [4.69, 9.17) is 0 Å². The fourth-order valence-electron chi connectivity index (χ4n) is 1.93. The van der Waals surface area contributed by atoms with E-state index < -0.39 is 10.0 Å². The first kappa shape index (κ1) is 15.1. The highest BCUT2D eigenvalue weighted by molar-refractivity contribution is 7.89. The molecule has 0 aromatic carbocycles. The van der Waals surface area contributed by atoms with Gasteiger partial charge in [-0.2, -0.15) is 5.10 Å². The molecule has 1 atom stereocenters. The van der Waals surface area contributed by atoms with Crippen molar-refractivity contribution < 1.29 is 8.42 Å². The van der Waals surface area contributed by atoms with Crippen LogP contribution in [0.5, 0.6) is 0 Å². The molecule has 104 valence electrons. The smallest absolute Gasteiger partial charge is 0.244 e. The van der Waals surface area contributed by atoms with Gasteiger partial charge in [-0.1, -0.05) is 13.3 Å². The van der Waals surface area contributed by atoms with Gasteiger partial charge in [0, 0.05) is 12.6 Å². The van der Waals surface area contributed by atoms with Crippen molar-refractivity contribution in [1.82, 2.24) is 20.2 Å². The topological polar surface area (TPSA) is 86.9 Å². The minimum atomic E-state index is -3.51. The highest BCUT2D eigenvalue weighted by Crippen LogP contribution is 2.18. The molecule has 0 aliphatic rings. The van der Waals surface area contributed by atoms with Crippen LogP contribution < -0.4 is 10.0 Å².